The number of nitrogens with two attached hydrogens (primary N) is 2. The zero-order valence-corrected chi connectivity index (χ0v) is 16.2. The molecule has 1 atom stereocenters. The molecule has 1 fully saturated rings. The van der Waals surface area contributed by atoms with Crippen molar-refractivity contribution in [2.45, 2.75) is 25.3 Å². The molecule has 0 aromatic heterocycles. The molecular weight excluding hydrogens is 338 g/mol. The lowest BCUT2D eigenvalue weighted by atomic mass is 10.0. The van der Waals surface area contributed by atoms with Gasteiger partial charge in [-0.2, -0.15) is 0 Å². The highest BCUT2D eigenvalue weighted by atomic mass is 16.2. The number of piperazine rings is 1. The van der Waals surface area contributed by atoms with Crippen molar-refractivity contribution < 1.29 is 4.79 Å². The van der Waals surface area contributed by atoms with Crippen LogP contribution in [0.15, 0.2) is 36.3 Å². The summed E-state index contributed by atoms with van der Waals surface area (Å²) >= 11 is 0. The number of likely N-dealkylation sites (N-methyl/N-ethyl adjacent to an activating group) is 1. The minimum atomic E-state index is -0.0974. The predicted molar refractivity (Wildman–Crippen MR) is 113 cm³/mol. The molecule has 1 saturated heterocycles. The Balaban J connectivity index is 1.94. The molecule has 4 N–H and O–H groups in total. The number of hydrogen-bond donors (Lipinski definition) is 2. The molecule has 6 nitrogen and oxygen atoms in total. The van der Waals surface area contributed by atoms with Crippen molar-refractivity contribution >= 4 is 24.0 Å². The topological polar surface area (TPSA) is 87.9 Å². The summed E-state index contributed by atoms with van der Waals surface area (Å²) in [5.74, 6) is 0.293. The molecule has 0 spiro atoms. The largest absolute Gasteiger partial charge is 0.370 e. The summed E-state index contributed by atoms with van der Waals surface area (Å²) in [6, 6.07) is 6.17. The van der Waals surface area contributed by atoms with Crippen molar-refractivity contribution in [2.75, 3.05) is 33.2 Å². The van der Waals surface area contributed by atoms with Gasteiger partial charge in [0, 0.05) is 26.2 Å². The molecule has 0 saturated carbocycles. The van der Waals surface area contributed by atoms with Gasteiger partial charge >= 0.3 is 0 Å². The summed E-state index contributed by atoms with van der Waals surface area (Å²) in [7, 11) is 2.00. The lowest BCUT2D eigenvalue weighted by molar-refractivity contribution is -0.141. The van der Waals surface area contributed by atoms with E-state index in [-0.39, 0.29) is 17.9 Å². The molecule has 1 amide bonds. The summed E-state index contributed by atoms with van der Waals surface area (Å²) in [5.41, 5.74) is 14.1. The fourth-order valence-electron chi connectivity index (χ4n) is 3.41. The normalized spacial score (nSPS) is 17.6. The third kappa shape index (κ3) is 5.69. The van der Waals surface area contributed by atoms with E-state index in [0.717, 1.165) is 50.0 Å². The van der Waals surface area contributed by atoms with Gasteiger partial charge in [-0.1, -0.05) is 43.5 Å². The summed E-state index contributed by atoms with van der Waals surface area (Å²) in [5, 5.41) is 0. The van der Waals surface area contributed by atoms with Gasteiger partial charge in [0.25, 0.3) is 0 Å². The number of carbonyl (C=O) groups is 1. The van der Waals surface area contributed by atoms with E-state index < -0.39 is 0 Å². The van der Waals surface area contributed by atoms with Crippen LogP contribution in [0.4, 0.5) is 0 Å². The van der Waals surface area contributed by atoms with Crippen LogP contribution in [0.2, 0.25) is 0 Å². The number of rotatable bonds is 9. The third-order valence-corrected chi connectivity index (χ3v) is 5.04. The number of benzene rings is 1. The highest BCUT2D eigenvalue weighted by Crippen LogP contribution is 2.18. The molecule has 0 radical (unpaired) electrons. The minimum Gasteiger partial charge on any atom is -0.370 e. The van der Waals surface area contributed by atoms with Crippen molar-refractivity contribution in [2.24, 2.45) is 16.5 Å². The maximum absolute atomic E-state index is 12.9. The Morgan fingerprint density at radius 2 is 2.00 bits per heavy atom. The summed E-state index contributed by atoms with van der Waals surface area (Å²) in [6.07, 6.45) is 6.05. The van der Waals surface area contributed by atoms with Crippen molar-refractivity contribution in [3.63, 3.8) is 0 Å². The number of amides is 1. The predicted octanol–water partition coefficient (Wildman–Crippen LogP) is 1.71. The highest BCUT2D eigenvalue weighted by Gasteiger charge is 2.31. The first-order valence-electron chi connectivity index (χ1n) is 9.38. The fraction of sp³-hybridized carbons (Fsp3) is 0.429. The summed E-state index contributed by atoms with van der Waals surface area (Å²) < 4.78 is 0. The van der Waals surface area contributed by atoms with Crippen molar-refractivity contribution in [3.05, 3.63) is 48.0 Å². The number of hydrogen-bond acceptors (Lipinski definition) is 3. The number of carbonyl (C=O) groups excluding carboxylic acids is 1. The van der Waals surface area contributed by atoms with Gasteiger partial charge in [0.2, 0.25) is 5.91 Å². The molecule has 0 aliphatic carbocycles. The van der Waals surface area contributed by atoms with Gasteiger partial charge in [-0.25, -0.2) is 0 Å². The van der Waals surface area contributed by atoms with E-state index in [1.54, 1.807) is 0 Å². The SMILES string of the molecule is C=Cc1ccc(CCN2CCN(C)C(CCCN=C(N)N)C2=O)cc1C=C. The van der Waals surface area contributed by atoms with Crippen molar-refractivity contribution in [1.29, 1.82) is 0 Å². The molecule has 1 aliphatic rings. The molecule has 1 aromatic carbocycles. The molecule has 1 aromatic rings. The average molecular weight is 370 g/mol. The van der Waals surface area contributed by atoms with E-state index >= 15 is 0 Å². The Morgan fingerprint density at radius 3 is 2.67 bits per heavy atom. The van der Waals surface area contributed by atoms with Crippen LogP contribution in [0.5, 0.6) is 0 Å². The second-order valence-corrected chi connectivity index (χ2v) is 6.89. The summed E-state index contributed by atoms with van der Waals surface area (Å²) in [6.45, 7) is 10.6. The first-order chi connectivity index (χ1) is 13.0. The van der Waals surface area contributed by atoms with Crippen LogP contribution in [-0.4, -0.2) is 60.9 Å². The number of guanidine groups is 1. The lowest BCUT2D eigenvalue weighted by Crippen LogP contribution is -2.55. The fourth-order valence-corrected chi connectivity index (χ4v) is 3.41. The maximum Gasteiger partial charge on any atom is 0.239 e. The van der Waals surface area contributed by atoms with Gasteiger partial charge in [0.05, 0.1) is 6.04 Å². The van der Waals surface area contributed by atoms with Crippen LogP contribution in [0.3, 0.4) is 0 Å². The Kier molecular flexibility index (Phi) is 7.61. The Labute approximate surface area is 162 Å². The van der Waals surface area contributed by atoms with Gasteiger partial charge in [0.1, 0.15) is 0 Å². The zero-order valence-electron chi connectivity index (χ0n) is 16.2. The first-order valence-corrected chi connectivity index (χ1v) is 9.38. The summed E-state index contributed by atoms with van der Waals surface area (Å²) in [4.78, 5) is 21.0. The van der Waals surface area contributed by atoms with Crippen molar-refractivity contribution in [1.82, 2.24) is 9.80 Å². The molecule has 1 aliphatic heterocycles. The lowest BCUT2D eigenvalue weighted by Gasteiger charge is -2.38. The van der Waals surface area contributed by atoms with E-state index in [1.165, 1.54) is 5.56 Å². The first kappa shape index (κ1) is 20.7. The van der Waals surface area contributed by atoms with Crippen LogP contribution < -0.4 is 11.5 Å². The van der Waals surface area contributed by atoms with Crippen LogP contribution in [-0.2, 0) is 11.2 Å². The smallest absolute Gasteiger partial charge is 0.239 e. The highest BCUT2D eigenvalue weighted by molar-refractivity contribution is 5.82. The Hall–Kier alpha value is -2.60. The Morgan fingerprint density at radius 1 is 1.26 bits per heavy atom. The van der Waals surface area contributed by atoms with E-state index in [2.05, 4.69) is 41.2 Å². The third-order valence-electron chi connectivity index (χ3n) is 5.04. The number of aliphatic imine (C=N–C) groups is 1. The molecule has 146 valence electrons. The molecule has 1 unspecified atom stereocenters. The second-order valence-electron chi connectivity index (χ2n) is 6.89. The van der Waals surface area contributed by atoms with Gasteiger partial charge < -0.3 is 16.4 Å². The van der Waals surface area contributed by atoms with E-state index in [9.17, 15) is 4.79 Å². The van der Waals surface area contributed by atoms with Crippen LogP contribution in [0.1, 0.15) is 29.5 Å². The Bertz CT molecular complexity index is 709. The van der Waals surface area contributed by atoms with Crippen LogP contribution >= 0.6 is 0 Å². The number of nitrogens with zero attached hydrogens (tertiary/aromatic N) is 3. The second kappa shape index (κ2) is 9.92. The van der Waals surface area contributed by atoms with Crippen molar-refractivity contribution in [3.8, 4) is 0 Å². The van der Waals surface area contributed by atoms with Crippen LogP contribution in [0, 0.1) is 0 Å². The molecule has 1 heterocycles. The maximum atomic E-state index is 12.9. The zero-order chi connectivity index (χ0) is 19.8. The van der Waals surface area contributed by atoms with Crippen LogP contribution in [0.25, 0.3) is 12.2 Å². The van der Waals surface area contributed by atoms with Gasteiger partial charge in [-0.15, -0.1) is 0 Å². The van der Waals surface area contributed by atoms with Gasteiger partial charge in [-0.3, -0.25) is 14.7 Å². The standard InChI is InChI=1S/C21H31N5O/c1-4-17-9-8-16(15-18(17)5-2)10-12-26-14-13-25(3)19(20(26)27)7-6-11-24-21(22)23/h4-5,8-9,15,19H,1-2,6-7,10-14H2,3H3,(H4,22,23,24). The van der Waals surface area contributed by atoms with E-state index in [4.69, 9.17) is 11.5 Å². The van der Waals surface area contributed by atoms with E-state index in [1.807, 2.05) is 24.1 Å². The van der Waals surface area contributed by atoms with E-state index in [0.29, 0.717) is 6.54 Å². The average Bonchev–Trinajstić information content (AvgIpc) is 2.66. The molecule has 0 bridgehead atoms. The quantitative estimate of drug-likeness (QED) is 0.394. The monoisotopic (exact) mass is 369 g/mol. The molecule has 6 heteroatoms. The van der Waals surface area contributed by atoms with Gasteiger partial charge in [-0.05, 0) is 43.0 Å². The molecule has 2 rings (SSSR count). The molecule has 27 heavy (non-hydrogen) atoms. The van der Waals surface area contributed by atoms with Gasteiger partial charge in [0.15, 0.2) is 5.96 Å². The minimum absolute atomic E-state index is 0.0974. The molecular formula is C21H31N5O.